The number of aromatic nitrogens is 1. The van der Waals surface area contributed by atoms with Crippen molar-refractivity contribution in [1.29, 1.82) is 0 Å². The van der Waals surface area contributed by atoms with Crippen LogP contribution in [-0.4, -0.2) is 28.6 Å². The number of urea groups is 1. The molecule has 1 saturated heterocycles. The van der Waals surface area contributed by atoms with Crippen LogP contribution in [0, 0.1) is 0 Å². The number of hydrogen-bond donors (Lipinski definition) is 1. The predicted molar refractivity (Wildman–Crippen MR) is 99.3 cm³/mol. The molecule has 27 heavy (non-hydrogen) atoms. The Hall–Kier alpha value is -3.09. The number of amides is 3. The van der Waals surface area contributed by atoms with E-state index in [-0.39, 0.29) is 11.5 Å². The first-order valence-corrected chi connectivity index (χ1v) is 8.97. The van der Waals surface area contributed by atoms with Crippen molar-refractivity contribution in [3.05, 3.63) is 42.1 Å². The maximum absolute atomic E-state index is 12.3. The van der Waals surface area contributed by atoms with Gasteiger partial charge in [-0.25, -0.2) is 14.7 Å². The average molecular weight is 367 g/mol. The van der Waals surface area contributed by atoms with Crippen LogP contribution in [-0.2, 0) is 11.2 Å². The van der Waals surface area contributed by atoms with Crippen LogP contribution in [0.4, 0.5) is 10.5 Å². The van der Waals surface area contributed by atoms with Gasteiger partial charge in [0, 0.05) is 18.1 Å². The highest BCUT2D eigenvalue weighted by atomic mass is 16.5. The minimum absolute atomic E-state index is 0.265. The van der Waals surface area contributed by atoms with Gasteiger partial charge in [-0.05, 0) is 38.5 Å². The second kappa shape index (κ2) is 6.26. The Labute approximate surface area is 157 Å². The summed E-state index contributed by atoms with van der Waals surface area (Å²) in [5, 5.41) is 2.66. The molecule has 4 rings (SSSR count). The highest BCUT2D eigenvalue weighted by Gasteiger charge is 2.38. The molecule has 7 nitrogen and oxygen atoms in total. The van der Waals surface area contributed by atoms with E-state index in [2.05, 4.69) is 10.3 Å². The molecule has 1 aromatic carbocycles. The van der Waals surface area contributed by atoms with Gasteiger partial charge in [0.15, 0.2) is 0 Å². The van der Waals surface area contributed by atoms with E-state index >= 15 is 0 Å². The van der Waals surface area contributed by atoms with Gasteiger partial charge in [0.1, 0.15) is 23.1 Å². The Bertz CT molecular complexity index is 908. The first-order valence-electron chi connectivity index (χ1n) is 8.97. The van der Waals surface area contributed by atoms with Gasteiger partial charge in [-0.15, -0.1) is 0 Å². The summed E-state index contributed by atoms with van der Waals surface area (Å²) >= 11 is 0. The lowest BCUT2D eigenvalue weighted by Gasteiger charge is -2.16. The molecule has 1 N–H and O–H groups in total. The monoisotopic (exact) mass is 367 g/mol. The molecule has 140 valence electrons. The molecule has 0 unspecified atom stereocenters. The van der Waals surface area contributed by atoms with Gasteiger partial charge in [0.2, 0.25) is 5.88 Å². The quantitative estimate of drug-likeness (QED) is 0.838. The molecule has 7 heteroatoms. The third kappa shape index (κ3) is 3.09. The third-order valence-electron chi connectivity index (χ3n) is 4.70. The van der Waals surface area contributed by atoms with Crippen LogP contribution >= 0.6 is 0 Å². The Balaban J connectivity index is 1.54. The molecule has 0 aliphatic carbocycles. The van der Waals surface area contributed by atoms with E-state index in [0.717, 1.165) is 22.6 Å². The molecule has 3 heterocycles. The molecule has 3 amide bonds. The number of carbonyl (C=O) groups excluding carboxylic acids is 2. The largest absolute Gasteiger partial charge is 0.487 e. The number of pyridine rings is 1. The summed E-state index contributed by atoms with van der Waals surface area (Å²) in [4.78, 5) is 29.7. The van der Waals surface area contributed by atoms with Crippen LogP contribution < -0.4 is 19.7 Å². The maximum Gasteiger partial charge on any atom is 0.329 e. The molecule has 0 saturated carbocycles. The number of fused-ring (bicyclic) bond motifs is 1. The smallest absolute Gasteiger partial charge is 0.329 e. The lowest BCUT2D eigenvalue weighted by Crippen LogP contribution is -2.31. The number of imide groups is 1. The number of carbonyl (C=O) groups is 2. The first kappa shape index (κ1) is 17.3. The molecular weight excluding hydrogens is 346 g/mol. The number of hydrogen-bond acceptors (Lipinski definition) is 5. The average Bonchev–Trinajstić information content (AvgIpc) is 3.10. The van der Waals surface area contributed by atoms with Crippen LogP contribution in [0.5, 0.6) is 17.4 Å². The first-order chi connectivity index (χ1) is 12.9. The number of rotatable bonds is 4. The van der Waals surface area contributed by atoms with Crippen LogP contribution in [0.25, 0.3) is 0 Å². The number of anilines is 1. The minimum Gasteiger partial charge on any atom is -0.487 e. The lowest BCUT2D eigenvalue weighted by molar-refractivity contribution is -0.118. The zero-order valence-corrected chi connectivity index (χ0v) is 15.5. The van der Waals surface area contributed by atoms with Crippen molar-refractivity contribution in [2.24, 2.45) is 0 Å². The van der Waals surface area contributed by atoms with Crippen molar-refractivity contribution < 1.29 is 19.1 Å². The standard InChI is InChI=1S/C20H21N3O4/c1-4-14-18(24)23(19(25)22-14)12-8-9-17(21-11-12)26-15-6-5-7-16-13(15)10-20(2,3)27-16/h5-9,11,14H,4,10H2,1-3H3,(H,22,25)/t14-/m1/s1. The molecule has 1 atom stereocenters. The van der Waals surface area contributed by atoms with E-state index in [9.17, 15) is 9.59 Å². The maximum atomic E-state index is 12.3. The summed E-state index contributed by atoms with van der Waals surface area (Å²) in [6, 6.07) is 8.07. The predicted octanol–water partition coefficient (Wildman–Crippen LogP) is 3.42. The normalized spacial score (nSPS) is 20.3. The molecule has 0 bridgehead atoms. The number of ether oxygens (including phenoxy) is 2. The van der Waals surface area contributed by atoms with Crippen LogP contribution in [0.3, 0.4) is 0 Å². The SMILES string of the molecule is CC[C@H]1NC(=O)N(c2ccc(Oc3cccc4c3CC(C)(C)O4)nc2)C1=O. The van der Waals surface area contributed by atoms with E-state index in [0.29, 0.717) is 23.7 Å². The van der Waals surface area contributed by atoms with Crippen molar-refractivity contribution in [3.63, 3.8) is 0 Å². The minimum atomic E-state index is -0.483. The van der Waals surface area contributed by atoms with Crippen LogP contribution in [0.1, 0.15) is 32.8 Å². The molecule has 0 radical (unpaired) electrons. The summed E-state index contributed by atoms with van der Waals surface area (Å²) in [5.74, 6) is 1.63. The summed E-state index contributed by atoms with van der Waals surface area (Å²) in [6.45, 7) is 5.92. The summed E-state index contributed by atoms with van der Waals surface area (Å²) in [5.41, 5.74) is 1.16. The zero-order chi connectivity index (χ0) is 19.2. The Morgan fingerprint density at radius 3 is 2.78 bits per heavy atom. The van der Waals surface area contributed by atoms with Crippen molar-refractivity contribution in [2.75, 3.05) is 4.90 Å². The summed E-state index contributed by atoms with van der Waals surface area (Å²) in [7, 11) is 0. The second-order valence-electron chi connectivity index (χ2n) is 7.31. The van der Waals surface area contributed by atoms with E-state index in [1.807, 2.05) is 39.0 Å². The Kier molecular flexibility index (Phi) is 4.02. The van der Waals surface area contributed by atoms with Crippen molar-refractivity contribution in [2.45, 2.75) is 45.3 Å². The molecule has 0 spiro atoms. The lowest BCUT2D eigenvalue weighted by atomic mass is 10.0. The molecule has 2 aliphatic rings. The van der Waals surface area contributed by atoms with E-state index in [1.54, 1.807) is 12.1 Å². The van der Waals surface area contributed by atoms with Gasteiger partial charge in [-0.3, -0.25) is 4.79 Å². The van der Waals surface area contributed by atoms with Gasteiger partial charge >= 0.3 is 6.03 Å². The zero-order valence-electron chi connectivity index (χ0n) is 15.5. The number of benzene rings is 1. The molecule has 2 aliphatic heterocycles. The van der Waals surface area contributed by atoms with Gasteiger partial charge < -0.3 is 14.8 Å². The molecule has 1 fully saturated rings. The van der Waals surface area contributed by atoms with Gasteiger partial charge in [-0.1, -0.05) is 13.0 Å². The Morgan fingerprint density at radius 1 is 1.30 bits per heavy atom. The fraction of sp³-hybridized carbons (Fsp3) is 0.350. The van der Waals surface area contributed by atoms with Crippen molar-refractivity contribution >= 4 is 17.6 Å². The summed E-state index contributed by atoms with van der Waals surface area (Å²) < 4.78 is 11.8. The topological polar surface area (TPSA) is 80.8 Å². The van der Waals surface area contributed by atoms with Crippen LogP contribution in [0.15, 0.2) is 36.5 Å². The van der Waals surface area contributed by atoms with E-state index in [4.69, 9.17) is 9.47 Å². The van der Waals surface area contributed by atoms with Gasteiger partial charge in [-0.2, -0.15) is 0 Å². The molecule has 2 aromatic rings. The summed E-state index contributed by atoms with van der Waals surface area (Å²) in [6.07, 6.45) is 2.76. The fourth-order valence-electron chi connectivity index (χ4n) is 3.40. The second-order valence-corrected chi connectivity index (χ2v) is 7.31. The number of nitrogens with one attached hydrogen (secondary N) is 1. The molecule has 1 aromatic heterocycles. The third-order valence-corrected chi connectivity index (χ3v) is 4.70. The Morgan fingerprint density at radius 2 is 2.11 bits per heavy atom. The van der Waals surface area contributed by atoms with Crippen molar-refractivity contribution in [1.82, 2.24) is 10.3 Å². The highest BCUT2D eigenvalue weighted by Crippen LogP contribution is 2.41. The fourth-order valence-corrected chi connectivity index (χ4v) is 3.40. The van der Waals surface area contributed by atoms with Gasteiger partial charge in [0.05, 0.1) is 11.9 Å². The van der Waals surface area contributed by atoms with Gasteiger partial charge in [0.25, 0.3) is 5.91 Å². The van der Waals surface area contributed by atoms with E-state index in [1.165, 1.54) is 6.20 Å². The van der Waals surface area contributed by atoms with Crippen molar-refractivity contribution in [3.8, 4) is 17.4 Å². The van der Waals surface area contributed by atoms with Crippen LogP contribution in [0.2, 0.25) is 0 Å². The highest BCUT2D eigenvalue weighted by molar-refractivity contribution is 6.21. The number of nitrogens with zero attached hydrogens (tertiary/aromatic N) is 2. The molecular formula is C20H21N3O4. The van der Waals surface area contributed by atoms with E-state index < -0.39 is 12.1 Å².